The predicted molar refractivity (Wildman–Crippen MR) is 82.5 cm³/mol. The Morgan fingerprint density at radius 1 is 1.25 bits per heavy atom. The Kier molecular flexibility index (Phi) is 6.36. The second-order valence-electron chi connectivity index (χ2n) is 5.35. The summed E-state index contributed by atoms with van der Waals surface area (Å²) in [6.07, 6.45) is 3.28. The second kappa shape index (κ2) is 8.03. The van der Waals surface area contributed by atoms with Crippen LogP contribution in [0.1, 0.15) is 24.5 Å². The number of aliphatic hydroxyl groups is 1. The number of aliphatic hydroxyl groups excluding tert-OH is 1. The van der Waals surface area contributed by atoms with Crippen molar-refractivity contribution in [2.75, 3.05) is 26.1 Å². The molecule has 4 heteroatoms. The van der Waals surface area contributed by atoms with Crippen molar-refractivity contribution in [3.8, 4) is 0 Å². The highest BCUT2D eigenvalue weighted by Gasteiger charge is 2.12. The Morgan fingerprint density at radius 2 is 2.05 bits per heavy atom. The fraction of sp³-hybridized carbons (Fsp3) is 0.625. The lowest BCUT2D eigenvalue weighted by atomic mass is 10.1. The van der Waals surface area contributed by atoms with Crippen molar-refractivity contribution < 1.29 is 14.6 Å². The number of fused-ring (bicyclic) bond motifs is 1. The van der Waals surface area contributed by atoms with Crippen LogP contribution in [0.5, 0.6) is 0 Å². The van der Waals surface area contributed by atoms with E-state index in [1.807, 2.05) is 6.92 Å². The van der Waals surface area contributed by atoms with Gasteiger partial charge in [0.1, 0.15) is 0 Å². The molecular weight excluding hydrogens is 272 g/mol. The van der Waals surface area contributed by atoms with Crippen LogP contribution in [0.15, 0.2) is 23.1 Å². The van der Waals surface area contributed by atoms with E-state index >= 15 is 0 Å². The van der Waals surface area contributed by atoms with Gasteiger partial charge >= 0.3 is 0 Å². The molecule has 0 heterocycles. The van der Waals surface area contributed by atoms with E-state index in [2.05, 4.69) is 18.2 Å². The van der Waals surface area contributed by atoms with Crippen LogP contribution in [0.3, 0.4) is 0 Å². The van der Waals surface area contributed by atoms with E-state index < -0.39 is 6.10 Å². The van der Waals surface area contributed by atoms with Crippen molar-refractivity contribution >= 4 is 11.8 Å². The van der Waals surface area contributed by atoms with E-state index in [1.165, 1.54) is 35.3 Å². The van der Waals surface area contributed by atoms with E-state index in [-0.39, 0.29) is 6.10 Å². The fourth-order valence-corrected chi connectivity index (χ4v) is 3.31. The number of ether oxygens (including phenoxy) is 2. The normalized spacial score (nSPS) is 16.9. The monoisotopic (exact) mass is 296 g/mol. The van der Waals surface area contributed by atoms with Gasteiger partial charge in [0.25, 0.3) is 0 Å². The van der Waals surface area contributed by atoms with E-state index in [9.17, 15) is 5.11 Å². The summed E-state index contributed by atoms with van der Waals surface area (Å²) in [5.41, 5.74) is 2.97. The molecule has 1 aliphatic carbocycles. The average molecular weight is 296 g/mol. The number of rotatable bonds is 8. The first-order valence-corrected chi connectivity index (χ1v) is 8.21. The Morgan fingerprint density at radius 3 is 2.85 bits per heavy atom. The van der Waals surface area contributed by atoms with Gasteiger partial charge in [-0.05, 0) is 49.4 Å². The van der Waals surface area contributed by atoms with Crippen LogP contribution in [0.4, 0.5) is 0 Å². The fourth-order valence-electron chi connectivity index (χ4n) is 2.44. The minimum Gasteiger partial charge on any atom is -0.390 e. The van der Waals surface area contributed by atoms with Crippen molar-refractivity contribution in [2.24, 2.45) is 0 Å². The number of thioether (sulfide) groups is 1. The molecule has 0 aliphatic heterocycles. The van der Waals surface area contributed by atoms with Crippen LogP contribution >= 0.6 is 11.8 Å². The molecule has 0 bridgehead atoms. The van der Waals surface area contributed by atoms with Gasteiger partial charge in [-0.15, -0.1) is 11.8 Å². The zero-order valence-corrected chi connectivity index (χ0v) is 13.1. The molecule has 3 nitrogen and oxygen atoms in total. The first-order valence-electron chi connectivity index (χ1n) is 7.22. The number of aryl methyl sites for hydroxylation is 2. The average Bonchev–Trinajstić information content (AvgIpc) is 2.90. The first-order chi connectivity index (χ1) is 9.69. The van der Waals surface area contributed by atoms with E-state index in [4.69, 9.17) is 9.47 Å². The standard InChI is InChI=1S/C16H24O3S/c1-12(9-18-2)19-10-15(17)11-20-16-7-6-13-4-3-5-14(13)8-16/h6-8,12,15,17H,3-5,9-11H2,1-2H3. The summed E-state index contributed by atoms with van der Waals surface area (Å²) in [6.45, 7) is 2.87. The molecule has 0 fully saturated rings. The Balaban J connectivity index is 1.72. The zero-order chi connectivity index (χ0) is 14.4. The SMILES string of the molecule is COCC(C)OCC(O)CSc1ccc2c(c1)CCC2. The topological polar surface area (TPSA) is 38.7 Å². The van der Waals surface area contributed by atoms with Gasteiger partial charge in [0.15, 0.2) is 0 Å². The lowest BCUT2D eigenvalue weighted by Gasteiger charge is -2.15. The van der Waals surface area contributed by atoms with E-state index in [1.54, 1.807) is 18.9 Å². The largest absolute Gasteiger partial charge is 0.390 e. The number of methoxy groups -OCH3 is 1. The summed E-state index contributed by atoms with van der Waals surface area (Å²) in [5, 5.41) is 9.93. The lowest BCUT2D eigenvalue weighted by Crippen LogP contribution is -2.24. The molecule has 0 aromatic heterocycles. The number of hydrogen-bond acceptors (Lipinski definition) is 4. The number of benzene rings is 1. The van der Waals surface area contributed by atoms with Crippen molar-refractivity contribution in [3.05, 3.63) is 29.3 Å². The van der Waals surface area contributed by atoms with Gasteiger partial charge in [0.2, 0.25) is 0 Å². The van der Waals surface area contributed by atoms with E-state index in [0.717, 1.165) is 0 Å². The Hall–Kier alpha value is -0.550. The highest BCUT2D eigenvalue weighted by molar-refractivity contribution is 7.99. The molecule has 1 aromatic carbocycles. The molecule has 1 aromatic rings. The highest BCUT2D eigenvalue weighted by Crippen LogP contribution is 2.27. The maximum absolute atomic E-state index is 9.93. The lowest BCUT2D eigenvalue weighted by molar-refractivity contribution is -0.0257. The van der Waals surface area contributed by atoms with Crippen LogP contribution in [0, 0.1) is 0 Å². The summed E-state index contributed by atoms with van der Waals surface area (Å²) >= 11 is 1.70. The molecule has 112 valence electrons. The molecular formula is C16H24O3S. The van der Waals surface area contributed by atoms with Crippen LogP contribution in [0.2, 0.25) is 0 Å². The minimum atomic E-state index is -0.437. The van der Waals surface area contributed by atoms with Crippen molar-refractivity contribution in [2.45, 2.75) is 43.3 Å². The van der Waals surface area contributed by atoms with E-state index in [0.29, 0.717) is 19.0 Å². The van der Waals surface area contributed by atoms with Gasteiger partial charge in [-0.2, -0.15) is 0 Å². The third-order valence-electron chi connectivity index (χ3n) is 3.49. The van der Waals surface area contributed by atoms with Crippen LogP contribution < -0.4 is 0 Å². The van der Waals surface area contributed by atoms with Gasteiger partial charge < -0.3 is 14.6 Å². The summed E-state index contributed by atoms with van der Waals surface area (Å²) < 4.78 is 10.5. The second-order valence-corrected chi connectivity index (χ2v) is 6.44. The van der Waals surface area contributed by atoms with Gasteiger partial charge in [0.05, 0.1) is 25.4 Å². The molecule has 0 radical (unpaired) electrons. The summed E-state index contributed by atoms with van der Waals surface area (Å²) in [5.74, 6) is 0.665. The third-order valence-corrected chi connectivity index (χ3v) is 4.63. The molecule has 1 N–H and O–H groups in total. The Labute approximate surface area is 125 Å². The van der Waals surface area contributed by atoms with Crippen LogP contribution in [-0.4, -0.2) is 43.4 Å². The van der Waals surface area contributed by atoms with Crippen LogP contribution in [-0.2, 0) is 22.3 Å². The molecule has 0 spiro atoms. The summed E-state index contributed by atoms with van der Waals surface area (Å²) in [6, 6.07) is 6.66. The first kappa shape index (κ1) is 15.8. The smallest absolute Gasteiger partial charge is 0.0867 e. The molecule has 2 rings (SSSR count). The van der Waals surface area contributed by atoms with Crippen molar-refractivity contribution in [1.82, 2.24) is 0 Å². The quantitative estimate of drug-likeness (QED) is 0.749. The molecule has 0 saturated heterocycles. The van der Waals surface area contributed by atoms with Crippen molar-refractivity contribution in [3.63, 3.8) is 0 Å². The molecule has 0 amide bonds. The maximum atomic E-state index is 9.93. The molecule has 0 saturated carbocycles. The maximum Gasteiger partial charge on any atom is 0.0867 e. The number of hydrogen-bond donors (Lipinski definition) is 1. The van der Waals surface area contributed by atoms with Gasteiger partial charge in [-0.1, -0.05) is 6.07 Å². The minimum absolute atomic E-state index is 0.0274. The third kappa shape index (κ3) is 4.77. The van der Waals surface area contributed by atoms with Crippen LogP contribution in [0.25, 0.3) is 0 Å². The van der Waals surface area contributed by atoms with Crippen molar-refractivity contribution in [1.29, 1.82) is 0 Å². The predicted octanol–water partition coefficient (Wildman–Crippen LogP) is 2.68. The summed E-state index contributed by atoms with van der Waals surface area (Å²) in [7, 11) is 1.65. The molecule has 2 unspecified atom stereocenters. The van der Waals surface area contributed by atoms with Gasteiger partial charge in [0, 0.05) is 17.8 Å². The van der Waals surface area contributed by atoms with Gasteiger partial charge in [-0.25, -0.2) is 0 Å². The van der Waals surface area contributed by atoms with Gasteiger partial charge in [-0.3, -0.25) is 0 Å². The highest BCUT2D eigenvalue weighted by atomic mass is 32.2. The summed E-state index contributed by atoms with van der Waals surface area (Å²) in [4.78, 5) is 1.25. The Bertz CT molecular complexity index is 422. The molecule has 1 aliphatic rings. The zero-order valence-electron chi connectivity index (χ0n) is 12.3. The molecule has 2 atom stereocenters. The molecule has 20 heavy (non-hydrogen) atoms.